The number of thiophene rings is 1. The van der Waals surface area contributed by atoms with Crippen LogP contribution < -0.4 is 10.1 Å². The van der Waals surface area contributed by atoms with Crippen molar-refractivity contribution in [1.29, 1.82) is 0 Å². The van der Waals surface area contributed by atoms with Gasteiger partial charge in [-0.2, -0.15) is 11.3 Å². The molecule has 2 amide bonds. The zero-order chi connectivity index (χ0) is 17.8. The lowest BCUT2D eigenvalue weighted by Gasteiger charge is -2.30. The smallest absolute Gasteiger partial charge is 0.231 e. The van der Waals surface area contributed by atoms with E-state index in [-0.39, 0.29) is 18.2 Å². The second kappa shape index (κ2) is 7.70. The fourth-order valence-electron chi connectivity index (χ4n) is 3.15. The van der Waals surface area contributed by atoms with Gasteiger partial charge in [-0.25, -0.2) is 0 Å². The third-order valence-electron chi connectivity index (χ3n) is 4.35. The Morgan fingerprint density at radius 1 is 1.40 bits per heavy atom. The number of anilines is 1. The number of hydrogen-bond donors (Lipinski definition) is 1. The summed E-state index contributed by atoms with van der Waals surface area (Å²) in [4.78, 5) is 27.2. The topological polar surface area (TPSA) is 58.6 Å². The summed E-state index contributed by atoms with van der Waals surface area (Å²) in [6.45, 7) is 3.30. The number of methoxy groups -OCH3 is 1. The minimum Gasteiger partial charge on any atom is -0.497 e. The van der Waals surface area contributed by atoms with Crippen LogP contribution in [0.5, 0.6) is 5.75 Å². The molecule has 1 atom stereocenters. The number of ether oxygens (including phenoxy) is 1. The molecule has 0 radical (unpaired) electrons. The maximum absolute atomic E-state index is 13.2. The minimum absolute atomic E-state index is 0.00240. The van der Waals surface area contributed by atoms with Gasteiger partial charge in [-0.05, 0) is 52.6 Å². The summed E-state index contributed by atoms with van der Waals surface area (Å²) in [5.74, 6) is 0.0945. The lowest BCUT2D eigenvalue weighted by molar-refractivity contribution is -0.135. The van der Waals surface area contributed by atoms with E-state index in [2.05, 4.69) is 17.6 Å². The molecule has 0 bridgehead atoms. The summed E-state index contributed by atoms with van der Waals surface area (Å²) in [6, 6.07) is 7.48. The normalized spacial score (nSPS) is 16.1. The number of nitrogens with zero attached hydrogens (tertiary/aromatic N) is 1. The van der Waals surface area contributed by atoms with Crippen molar-refractivity contribution in [3.05, 3.63) is 46.2 Å². The van der Waals surface area contributed by atoms with Crippen molar-refractivity contribution in [3.8, 4) is 5.75 Å². The highest BCUT2D eigenvalue weighted by Gasteiger charge is 2.33. The van der Waals surface area contributed by atoms with Crippen molar-refractivity contribution < 1.29 is 14.3 Å². The molecule has 0 fully saturated rings. The first kappa shape index (κ1) is 17.5. The van der Waals surface area contributed by atoms with Gasteiger partial charge in [0.25, 0.3) is 0 Å². The Labute approximate surface area is 151 Å². The van der Waals surface area contributed by atoms with Gasteiger partial charge < -0.3 is 15.0 Å². The molecule has 1 aliphatic rings. The largest absolute Gasteiger partial charge is 0.497 e. The molecule has 0 aliphatic carbocycles. The van der Waals surface area contributed by atoms with Gasteiger partial charge in [-0.15, -0.1) is 0 Å². The summed E-state index contributed by atoms with van der Waals surface area (Å²) in [7, 11) is 1.60. The lowest BCUT2D eigenvalue weighted by Crippen LogP contribution is -2.38. The summed E-state index contributed by atoms with van der Waals surface area (Å²) >= 11 is 1.62. The van der Waals surface area contributed by atoms with Crippen molar-refractivity contribution in [2.45, 2.75) is 32.2 Å². The number of carbonyl (C=O) groups excluding carboxylic acids is 2. The Morgan fingerprint density at radius 3 is 2.92 bits per heavy atom. The highest BCUT2D eigenvalue weighted by Crippen LogP contribution is 2.36. The molecular weight excluding hydrogens is 336 g/mol. The van der Waals surface area contributed by atoms with Crippen LogP contribution in [-0.4, -0.2) is 30.4 Å². The molecule has 1 aliphatic heterocycles. The van der Waals surface area contributed by atoms with E-state index in [0.29, 0.717) is 24.5 Å². The Hall–Kier alpha value is -2.34. The maximum Gasteiger partial charge on any atom is 0.231 e. The predicted octanol–water partition coefficient (Wildman–Crippen LogP) is 3.62. The average molecular weight is 358 g/mol. The molecule has 1 unspecified atom stereocenters. The summed E-state index contributed by atoms with van der Waals surface area (Å²) in [6.07, 6.45) is 1.04. The highest BCUT2D eigenvalue weighted by molar-refractivity contribution is 7.07. The van der Waals surface area contributed by atoms with Crippen LogP contribution in [0.1, 0.15) is 36.8 Å². The Morgan fingerprint density at radius 2 is 2.24 bits per heavy atom. The van der Waals surface area contributed by atoms with Gasteiger partial charge in [0, 0.05) is 25.2 Å². The molecule has 0 saturated carbocycles. The first-order valence-corrected chi connectivity index (χ1v) is 9.34. The van der Waals surface area contributed by atoms with Gasteiger partial charge >= 0.3 is 0 Å². The molecule has 1 N–H and O–H groups in total. The minimum atomic E-state index is -0.468. The van der Waals surface area contributed by atoms with Crippen LogP contribution in [0.2, 0.25) is 0 Å². The van der Waals surface area contributed by atoms with Crippen LogP contribution in [-0.2, 0) is 16.1 Å². The van der Waals surface area contributed by atoms with Crippen molar-refractivity contribution in [1.82, 2.24) is 4.90 Å². The number of rotatable bonds is 6. The van der Waals surface area contributed by atoms with Gasteiger partial charge in [-0.1, -0.05) is 6.92 Å². The molecular formula is C19H22N2O3S. The summed E-state index contributed by atoms with van der Waals surface area (Å²) in [5, 5.41) is 6.92. The average Bonchev–Trinajstić information content (AvgIpc) is 3.12. The first-order valence-electron chi connectivity index (χ1n) is 8.40. The van der Waals surface area contributed by atoms with E-state index in [1.54, 1.807) is 30.6 Å². The molecule has 1 aromatic carbocycles. The quantitative estimate of drug-likeness (QED) is 0.858. The monoisotopic (exact) mass is 358 g/mol. The van der Waals surface area contributed by atoms with E-state index >= 15 is 0 Å². The Kier molecular flexibility index (Phi) is 5.38. The number of hydrogen-bond acceptors (Lipinski definition) is 4. The van der Waals surface area contributed by atoms with E-state index in [9.17, 15) is 9.59 Å². The van der Waals surface area contributed by atoms with Crippen molar-refractivity contribution >= 4 is 28.8 Å². The van der Waals surface area contributed by atoms with E-state index in [4.69, 9.17) is 4.74 Å². The van der Waals surface area contributed by atoms with Crippen LogP contribution in [0.4, 0.5) is 5.69 Å². The molecule has 0 saturated heterocycles. The molecule has 2 aromatic rings. The van der Waals surface area contributed by atoms with Gasteiger partial charge in [0.1, 0.15) is 5.75 Å². The second-order valence-corrected chi connectivity index (χ2v) is 6.93. The van der Waals surface area contributed by atoms with E-state index < -0.39 is 5.92 Å². The fraction of sp³-hybridized carbons (Fsp3) is 0.368. The zero-order valence-electron chi connectivity index (χ0n) is 14.5. The SMILES string of the molecule is CCCN(Cc1ccsc1)C(=O)C1CC(=O)Nc2ccc(OC)cc21. The third-order valence-corrected chi connectivity index (χ3v) is 5.09. The predicted molar refractivity (Wildman–Crippen MR) is 99.0 cm³/mol. The standard InChI is InChI=1S/C19H22N2O3S/c1-3-7-21(11-13-6-8-25-12-13)19(23)16-10-18(22)20-17-5-4-14(24-2)9-15(16)17/h4-6,8-9,12,16H,3,7,10-11H2,1-2H3,(H,20,22). The zero-order valence-corrected chi connectivity index (χ0v) is 15.3. The number of amides is 2. The van der Waals surface area contributed by atoms with E-state index in [1.807, 2.05) is 22.4 Å². The van der Waals surface area contributed by atoms with Crippen molar-refractivity contribution in [2.75, 3.05) is 19.0 Å². The first-order chi connectivity index (χ1) is 12.1. The fourth-order valence-corrected chi connectivity index (χ4v) is 3.81. The number of fused-ring (bicyclic) bond motifs is 1. The van der Waals surface area contributed by atoms with Crippen LogP contribution in [0, 0.1) is 0 Å². The van der Waals surface area contributed by atoms with Crippen molar-refractivity contribution in [2.24, 2.45) is 0 Å². The Balaban J connectivity index is 1.90. The van der Waals surface area contributed by atoms with E-state index in [1.165, 1.54) is 0 Å². The summed E-state index contributed by atoms with van der Waals surface area (Å²) < 4.78 is 5.29. The molecule has 132 valence electrons. The van der Waals surface area contributed by atoms with Crippen LogP contribution in [0.3, 0.4) is 0 Å². The van der Waals surface area contributed by atoms with Crippen LogP contribution >= 0.6 is 11.3 Å². The van der Waals surface area contributed by atoms with Gasteiger partial charge in [0.15, 0.2) is 0 Å². The number of carbonyl (C=O) groups is 2. The van der Waals surface area contributed by atoms with Gasteiger partial charge in [0.2, 0.25) is 11.8 Å². The Bertz CT molecular complexity index is 758. The van der Waals surface area contributed by atoms with Crippen molar-refractivity contribution in [3.63, 3.8) is 0 Å². The van der Waals surface area contributed by atoms with Crippen LogP contribution in [0.15, 0.2) is 35.0 Å². The molecule has 1 aromatic heterocycles. The lowest BCUT2D eigenvalue weighted by atomic mass is 9.89. The molecule has 3 rings (SSSR count). The number of nitrogens with one attached hydrogen (secondary N) is 1. The third kappa shape index (κ3) is 3.85. The molecule has 6 heteroatoms. The van der Waals surface area contributed by atoms with E-state index in [0.717, 1.165) is 17.5 Å². The molecule has 2 heterocycles. The highest BCUT2D eigenvalue weighted by atomic mass is 32.1. The van der Waals surface area contributed by atoms with Crippen LogP contribution in [0.25, 0.3) is 0 Å². The summed E-state index contributed by atoms with van der Waals surface area (Å²) in [5.41, 5.74) is 2.65. The number of benzene rings is 1. The molecule has 25 heavy (non-hydrogen) atoms. The molecule has 0 spiro atoms. The van der Waals surface area contributed by atoms with Gasteiger partial charge in [-0.3, -0.25) is 9.59 Å². The van der Waals surface area contributed by atoms with Gasteiger partial charge in [0.05, 0.1) is 13.0 Å². The molecule has 5 nitrogen and oxygen atoms in total. The maximum atomic E-state index is 13.2. The second-order valence-electron chi connectivity index (χ2n) is 6.15.